The summed E-state index contributed by atoms with van der Waals surface area (Å²) < 4.78 is 5.16. The highest BCUT2D eigenvalue weighted by atomic mass is 16.5. The summed E-state index contributed by atoms with van der Waals surface area (Å²) in [6.07, 6.45) is 8.68. The molecule has 0 aromatic heterocycles. The van der Waals surface area contributed by atoms with Crippen LogP contribution in [0.15, 0.2) is 23.8 Å². The Kier molecular flexibility index (Phi) is 4.51. The van der Waals surface area contributed by atoms with Gasteiger partial charge < -0.3 is 9.84 Å². The van der Waals surface area contributed by atoms with E-state index in [1.165, 1.54) is 5.57 Å². The molecule has 7 unspecified atom stereocenters. The van der Waals surface area contributed by atoms with Gasteiger partial charge in [-0.3, -0.25) is 9.59 Å². The van der Waals surface area contributed by atoms with Crippen LogP contribution in [-0.4, -0.2) is 36.5 Å². The van der Waals surface area contributed by atoms with Crippen LogP contribution in [0.5, 0.6) is 0 Å². The average Bonchev–Trinajstić information content (AvgIpc) is 2.85. The highest BCUT2D eigenvalue weighted by Gasteiger charge is 2.64. The lowest BCUT2D eigenvalue weighted by Gasteiger charge is -2.58. The van der Waals surface area contributed by atoms with Crippen molar-refractivity contribution in [3.63, 3.8) is 0 Å². The molecular formula is C23H32O4. The number of hydrogen-bond donors (Lipinski definition) is 1. The van der Waals surface area contributed by atoms with E-state index in [1.54, 1.807) is 19.3 Å². The summed E-state index contributed by atoms with van der Waals surface area (Å²) in [6.45, 7) is 6.78. The first-order valence-electron chi connectivity index (χ1n) is 10.4. The number of Topliss-reactive ketones (excluding diaryl/α,β-unsaturated/α-hetero) is 1. The molecule has 0 aliphatic heterocycles. The standard InChI is InChI=1S/C23H32O4/c1-13-9-17-16-6-5-14-10-15(24)7-8-22(14,2)21(16)18(25)11-23(17,3)20(13)19(26)12-27-4/h7-8,10,13,16-18,20-21,25H,5-6,9,11-12H2,1-4H3/t13-,16?,17?,18?,20?,21?,22?,23?/m1/s1. The molecule has 27 heavy (non-hydrogen) atoms. The zero-order chi connectivity index (χ0) is 19.6. The van der Waals surface area contributed by atoms with Gasteiger partial charge in [0.2, 0.25) is 0 Å². The Morgan fingerprint density at radius 1 is 1.37 bits per heavy atom. The van der Waals surface area contributed by atoms with E-state index in [9.17, 15) is 14.7 Å². The molecule has 1 N–H and O–H groups in total. The second kappa shape index (κ2) is 6.38. The second-order valence-electron chi connectivity index (χ2n) is 9.89. The summed E-state index contributed by atoms with van der Waals surface area (Å²) in [5, 5.41) is 11.3. The van der Waals surface area contributed by atoms with Crippen molar-refractivity contribution in [3.8, 4) is 0 Å². The quantitative estimate of drug-likeness (QED) is 0.825. The van der Waals surface area contributed by atoms with Crippen LogP contribution in [-0.2, 0) is 14.3 Å². The fourth-order valence-electron chi connectivity index (χ4n) is 7.61. The van der Waals surface area contributed by atoms with Gasteiger partial charge in [0, 0.05) is 24.4 Å². The maximum absolute atomic E-state index is 12.8. The third-order valence-corrected chi connectivity index (χ3v) is 8.47. The number of rotatable bonds is 3. The monoisotopic (exact) mass is 372 g/mol. The van der Waals surface area contributed by atoms with E-state index < -0.39 is 6.10 Å². The fraction of sp³-hybridized carbons (Fsp3) is 0.739. The molecule has 0 amide bonds. The zero-order valence-corrected chi connectivity index (χ0v) is 16.9. The van der Waals surface area contributed by atoms with Gasteiger partial charge in [-0.15, -0.1) is 0 Å². The second-order valence-corrected chi connectivity index (χ2v) is 9.89. The number of carbonyl (C=O) groups is 2. The van der Waals surface area contributed by atoms with Gasteiger partial charge in [0.05, 0.1) is 6.10 Å². The Morgan fingerprint density at radius 3 is 2.81 bits per heavy atom. The Balaban J connectivity index is 1.71. The van der Waals surface area contributed by atoms with E-state index in [0.717, 1.165) is 19.3 Å². The molecule has 0 spiro atoms. The van der Waals surface area contributed by atoms with Gasteiger partial charge in [0.25, 0.3) is 0 Å². The van der Waals surface area contributed by atoms with Gasteiger partial charge in [-0.05, 0) is 61.0 Å². The number of methoxy groups -OCH3 is 1. The smallest absolute Gasteiger partial charge is 0.178 e. The molecule has 3 fully saturated rings. The van der Waals surface area contributed by atoms with E-state index in [0.29, 0.717) is 24.2 Å². The van der Waals surface area contributed by atoms with Crippen molar-refractivity contribution < 1.29 is 19.4 Å². The predicted molar refractivity (Wildman–Crippen MR) is 103 cm³/mol. The van der Waals surface area contributed by atoms with Crippen molar-refractivity contribution in [2.75, 3.05) is 13.7 Å². The highest BCUT2D eigenvalue weighted by molar-refractivity contribution is 6.01. The summed E-state index contributed by atoms with van der Waals surface area (Å²) >= 11 is 0. The van der Waals surface area contributed by atoms with Crippen molar-refractivity contribution >= 4 is 11.6 Å². The maximum atomic E-state index is 12.8. The molecule has 4 aliphatic carbocycles. The van der Waals surface area contributed by atoms with Gasteiger partial charge >= 0.3 is 0 Å². The number of hydrogen-bond acceptors (Lipinski definition) is 4. The van der Waals surface area contributed by atoms with Gasteiger partial charge in [-0.2, -0.15) is 0 Å². The number of fused-ring (bicyclic) bond motifs is 5. The zero-order valence-electron chi connectivity index (χ0n) is 16.9. The molecule has 0 aromatic rings. The lowest BCUT2D eigenvalue weighted by Crippen LogP contribution is -2.56. The molecule has 148 valence electrons. The minimum Gasteiger partial charge on any atom is -0.393 e. The minimum absolute atomic E-state index is 0.0359. The van der Waals surface area contributed by atoms with Crippen LogP contribution in [0, 0.1) is 40.4 Å². The molecule has 4 rings (SSSR count). The average molecular weight is 373 g/mol. The summed E-state index contributed by atoms with van der Waals surface area (Å²) in [6, 6.07) is 0. The minimum atomic E-state index is -0.453. The fourth-order valence-corrected chi connectivity index (χ4v) is 7.61. The number of ether oxygens (including phenoxy) is 1. The van der Waals surface area contributed by atoms with Gasteiger partial charge in [0.15, 0.2) is 11.6 Å². The first-order chi connectivity index (χ1) is 12.7. The van der Waals surface area contributed by atoms with Crippen LogP contribution in [0.3, 0.4) is 0 Å². The maximum Gasteiger partial charge on any atom is 0.178 e. The summed E-state index contributed by atoms with van der Waals surface area (Å²) in [7, 11) is 1.58. The summed E-state index contributed by atoms with van der Waals surface area (Å²) in [4.78, 5) is 24.7. The van der Waals surface area contributed by atoms with Crippen molar-refractivity contribution in [1.29, 1.82) is 0 Å². The number of aliphatic hydroxyl groups is 1. The lowest BCUT2D eigenvalue weighted by molar-refractivity contribution is -0.143. The molecule has 0 saturated heterocycles. The van der Waals surface area contributed by atoms with Crippen molar-refractivity contribution in [2.45, 2.75) is 52.6 Å². The van der Waals surface area contributed by atoms with E-state index in [-0.39, 0.29) is 40.8 Å². The van der Waals surface area contributed by atoms with Gasteiger partial charge in [0.1, 0.15) is 6.61 Å². The highest BCUT2D eigenvalue weighted by Crippen LogP contribution is 2.67. The Hall–Kier alpha value is -1.26. The van der Waals surface area contributed by atoms with Crippen LogP contribution in [0.25, 0.3) is 0 Å². The Morgan fingerprint density at radius 2 is 2.11 bits per heavy atom. The van der Waals surface area contributed by atoms with E-state index in [1.807, 2.05) is 6.08 Å². The SMILES string of the molecule is COCC(=O)C1[C@H](C)CC2C3CCC4=CC(=O)C=CC4(C)C3C(O)CC21C. The Bertz CT molecular complexity index is 722. The van der Waals surface area contributed by atoms with E-state index >= 15 is 0 Å². The van der Waals surface area contributed by atoms with E-state index in [2.05, 4.69) is 20.8 Å². The van der Waals surface area contributed by atoms with Crippen LogP contribution in [0.2, 0.25) is 0 Å². The molecule has 4 heteroatoms. The lowest BCUT2D eigenvalue weighted by atomic mass is 9.46. The van der Waals surface area contributed by atoms with E-state index in [4.69, 9.17) is 4.74 Å². The largest absolute Gasteiger partial charge is 0.393 e. The van der Waals surface area contributed by atoms with Gasteiger partial charge in [-0.1, -0.05) is 32.4 Å². The number of carbonyl (C=O) groups excluding carboxylic acids is 2. The third-order valence-electron chi connectivity index (χ3n) is 8.47. The van der Waals surface area contributed by atoms with Crippen molar-refractivity contribution in [2.24, 2.45) is 40.4 Å². The molecule has 8 atom stereocenters. The van der Waals surface area contributed by atoms with Crippen LogP contribution >= 0.6 is 0 Å². The van der Waals surface area contributed by atoms with Crippen LogP contribution in [0.4, 0.5) is 0 Å². The molecule has 4 aliphatic rings. The van der Waals surface area contributed by atoms with Gasteiger partial charge in [-0.25, -0.2) is 0 Å². The molecule has 3 saturated carbocycles. The number of allylic oxidation sites excluding steroid dienone is 4. The number of ketones is 2. The molecule has 4 nitrogen and oxygen atoms in total. The summed E-state index contributed by atoms with van der Waals surface area (Å²) in [5.41, 5.74) is 0.772. The third kappa shape index (κ3) is 2.63. The molecule has 0 aromatic carbocycles. The summed E-state index contributed by atoms with van der Waals surface area (Å²) in [5.74, 6) is 1.50. The molecule has 0 bridgehead atoms. The normalized spacial score (nSPS) is 48.5. The molecule has 0 radical (unpaired) electrons. The first kappa shape index (κ1) is 19.1. The van der Waals surface area contributed by atoms with Crippen LogP contribution < -0.4 is 0 Å². The van der Waals surface area contributed by atoms with Crippen molar-refractivity contribution in [3.05, 3.63) is 23.8 Å². The number of aliphatic hydroxyl groups excluding tert-OH is 1. The van der Waals surface area contributed by atoms with Crippen molar-refractivity contribution in [1.82, 2.24) is 0 Å². The predicted octanol–water partition coefficient (Wildman–Crippen LogP) is 3.34. The molecule has 0 heterocycles. The Labute approximate surface area is 162 Å². The van der Waals surface area contributed by atoms with Crippen LogP contribution in [0.1, 0.15) is 46.5 Å². The topological polar surface area (TPSA) is 63.6 Å². The first-order valence-corrected chi connectivity index (χ1v) is 10.4. The molecular weight excluding hydrogens is 340 g/mol.